The maximum Gasteiger partial charge on any atom is 0.302 e. The predicted molar refractivity (Wildman–Crippen MR) is 140 cm³/mol. The van der Waals surface area contributed by atoms with Crippen LogP contribution >= 0.6 is 0 Å². The number of carbonyl (C=O) groups excluding carboxylic acids is 2. The van der Waals surface area contributed by atoms with Crippen molar-refractivity contribution in [3.05, 3.63) is 0 Å². The van der Waals surface area contributed by atoms with Crippen LogP contribution in [0.25, 0.3) is 0 Å². The molecule has 4 aliphatic carbocycles. The first-order valence-electron chi connectivity index (χ1n) is 14.8. The SMILES string of the molecule is CC(=O)O[C@@H]1CC[C@]2(C)[C@@H]3CC[C@]4(C)[C@H](CC[C@@H]4[C@H](C)CCCC(C)C)[C@H]3C[C@H](OC(C)=O)[C@H]2C1. The van der Waals surface area contributed by atoms with E-state index in [0.717, 1.165) is 49.4 Å². The van der Waals surface area contributed by atoms with E-state index in [0.29, 0.717) is 23.2 Å². The average molecular weight is 489 g/mol. The van der Waals surface area contributed by atoms with Crippen LogP contribution in [0.4, 0.5) is 0 Å². The number of hydrogen-bond acceptors (Lipinski definition) is 4. The van der Waals surface area contributed by atoms with E-state index in [2.05, 4.69) is 34.6 Å². The van der Waals surface area contributed by atoms with Crippen LogP contribution < -0.4 is 0 Å². The lowest BCUT2D eigenvalue weighted by Crippen LogP contribution is -2.59. The van der Waals surface area contributed by atoms with Gasteiger partial charge in [0.15, 0.2) is 0 Å². The van der Waals surface area contributed by atoms with Gasteiger partial charge in [-0.1, -0.05) is 53.9 Å². The van der Waals surface area contributed by atoms with Crippen molar-refractivity contribution in [1.29, 1.82) is 0 Å². The van der Waals surface area contributed by atoms with Crippen molar-refractivity contribution in [3.8, 4) is 0 Å². The molecule has 4 aliphatic rings. The molecule has 4 nitrogen and oxygen atoms in total. The fourth-order valence-electron chi connectivity index (χ4n) is 9.94. The molecule has 0 heterocycles. The van der Waals surface area contributed by atoms with E-state index in [1.54, 1.807) is 6.92 Å². The third-order valence-electron chi connectivity index (χ3n) is 11.5. The standard InChI is InChI=1S/C31H52O4/c1-19(2)9-8-10-20(3)25-11-12-26-24-18-29(35-22(5)33)28-17-23(34-21(4)32)13-15-31(28,7)27(24)14-16-30(25,26)6/h19-20,23-29H,8-18H2,1-7H3/t20-,23-,24-,25-,26-,27-,28-,29+,30+,31-/m1/s1. The third-order valence-corrected chi connectivity index (χ3v) is 11.5. The molecular weight excluding hydrogens is 436 g/mol. The van der Waals surface area contributed by atoms with Crippen LogP contribution in [-0.2, 0) is 19.1 Å². The van der Waals surface area contributed by atoms with Gasteiger partial charge in [-0.25, -0.2) is 0 Å². The van der Waals surface area contributed by atoms with Crippen LogP contribution in [-0.4, -0.2) is 24.1 Å². The fourth-order valence-corrected chi connectivity index (χ4v) is 9.94. The highest BCUT2D eigenvalue weighted by Crippen LogP contribution is 2.68. The summed E-state index contributed by atoms with van der Waals surface area (Å²) in [7, 11) is 0. The second-order valence-electron chi connectivity index (χ2n) is 13.9. The highest BCUT2D eigenvalue weighted by molar-refractivity contribution is 5.66. The van der Waals surface area contributed by atoms with Crippen molar-refractivity contribution in [2.45, 2.75) is 131 Å². The van der Waals surface area contributed by atoms with Crippen molar-refractivity contribution in [2.24, 2.45) is 52.3 Å². The number of hydrogen-bond donors (Lipinski definition) is 0. The molecule has 0 aliphatic heterocycles. The molecule has 4 rings (SSSR count). The number of ether oxygens (including phenoxy) is 2. The number of fused-ring (bicyclic) bond motifs is 5. The Balaban J connectivity index is 1.54. The zero-order valence-electron chi connectivity index (χ0n) is 23.6. The highest BCUT2D eigenvalue weighted by atomic mass is 16.5. The van der Waals surface area contributed by atoms with Crippen molar-refractivity contribution in [3.63, 3.8) is 0 Å². The summed E-state index contributed by atoms with van der Waals surface area (Å²) in [6, 6.07) is 0. The van der Waals surface area contributed by atoms with Gasteiger partial charge in [-0.15, -0.1) is 0 Å². The quantitative estimate of drug-likeness (QED) is 0.347. The topological polar surface area (TPSA) is 52.6 Å². The van der Waals surface area contributed by atoms with Crippen molar-refractivity contribution in [1.82, 2.24) is 0 Å². The molecule has 0 N–H and O–H groups in total. The van der Waals surface area contributed by atoms with Gasteiger partial charge in [0, 0.05) is 19.8 Å². The average Bonchev–Trinajstić information content (AvgIpc) is 3.11. The minimum Gasteiger partial charge on any atom is -0.463 e. The summed E-state index contributed by atoms with van der Waals surface area (Å²) >= 11 is 0. The summed E-state index contributed by atoms with van der Waals surface area (Å²) < 4.78 is 11.7. The van der Waals surface area contributed by atoms with Crippen LogP contribution in [0.1, 0.15) is 119 Å². The molecular formula is C31H52O4. The van der Waals surface area contributed by atoms with Gasteiger partial charge in [-0.2, -0.15) is 0 Å². The van der Waals surface area contributed by atoms with Gasteiger partial charge in [0.05, 0.1) is 0 Å². The number of rotatable bonds is 7. The third kappa shape index (κ3) is 5.19. The largest absolute Gasteiger partial charge is 0.463 e. The lowest BCUT2D eigenvalue weighted by molar-refractivity contribution is -0.197. The van der Waals surface area contributed by atoms with E-state index < -0.39 is 0 Å². The first-order valence-corrected chi connectivity index (χ1v) is 14.8. The second-order valence-corrected chi connectivity index (χ2v) is 13.9. The molecule has 0 aromatic heterocycles. The second kappa shape index (κ2) is 10.4. The van der Waals surface area contributed by atoms with Crippen LogP contribution in [0.2, 0.25) is 0 Å². The molecule has 4 saturated carbocycles. The van der Waals surface area contributed by atoms with Crippen LogP contribution in [0.3, 0.4) is 0 Å². The van der Waals surface area contributed by atoms with E-state index in [4.69, 9.17) is 9.47 Å². The summed E-state index contributed by atoms with van der Waals surface area (Å²) in [5, 5.41) is 0. The Labute approximate surface area is 214 Å². The highest BCUT2D eigenvalue weighted by Gasteiger charge is 2.63. The predicted octanol–water partition coefficient (Wildman–Crippen LogP) is 7.58. The van der Waals surface area contributed by atoms with Gasteiger partial charge in [-0.3, -0.25) is 9.59 Å². The van der Waals surface area contributed by atoms with E-state index in [1.165, 1.54) is 51.9 Å². The molecule has 4 heteroatoms. The van der Waals surface area contributed by atoms with Crippen molar-refractivity contribution >= 4 is 11.9 Å². The minimum absolute atomic E-state index is 0.0309. The lowest BCUT2D eigenvalue weighted by Gasteiger charge is -2.62. The van der Waals surface area contributed by atoms with Crippen molar-refractivity contribution in [2.75, 3.05) is 0 Å². The Morgan fingerprint density at radius 3 is 2.11 bits per heavy atom. The summed E-state index contributed by atoms with van der Waals surface area (Å²) in [5.74, 6) is 4.48. The van der Waals surface area contributed by atoms with Crippen LogP contribution in [0.5, 0.6) is 0 Å². The van der Waals surface area contributed by atoms with Crippen LogP contribution in [0, 0.1) is 52.3 Å². The van der Waals surface area contributed by atoms with Crippen LogP contribution in [0.15, 0.2) is 0 Å². The molecule has 0 radical (unpaired) electrons. The van der Waals surface area contributed by atoms with E-state index >= 15 is 0 Å². The maximum absolute atomic E-state index is 12.2. The molecule has 0 unspecified atom stereocenters. The van der Waals surface area contributed by atoms with Crippen molar-refractivity contribution < 1.29 is 19.1 Å². The lowest BCUT2D eigenvalue weighted by atomic mass is 9.43. The number of carbonyl (C=O) groups is 2. The summed E-state index contributed by atoms with van der Waals surface area (Å²) in [4.78, 5) is 23.9. The normalized spacial score (nSPS) is 43.6. The van der Waals surface area contributed by atoms with Gasteiger partial charge in [0.25, 0.3) is 0 Å². The monoisotopic (exact) mass is 488 g/mol. The van der Waals surface area contributed by atoms with Gasteiger partial charge in [0.1, 0.15) is 12.2 Å². The Hall–Kier alpha value is -1.06. The van der Waals surface area contributed by atoms with Gasteiger partial charge >= 0.3 is 11.9 Å². The molecule has 4 fully saturated rings. The molecule has 0 aromatic rings. The Kier molecular flexibility index (Phi) is 7.99. The number of esters is 2. The van der Waals surface area contributed by atoms with E-state index in [-0.39, 0.29) is 29.6 Å². The first kappa shape index (κ1) is 27.0. The molecule has 0 saturated heterocycles. The molecule has 10 atom stereocenters. The first-order chi connectivity index (χ1) is 16.5. The Morgan fingerprint density at radius 1 is 0.800 bits per heavy atom. The zero-order chi connectivity index (χ0) is 25.5. The maximum atomic E-state index is 12.2. The summed E-state index contributed by atoms with van der Waals surface area (Å²) in [5.41, 5.74) is 0.597. The van der Waals surface area contributed by atoms with E-state index in [9.17, 15) is 9.59 Å². The Morgan fingerprint density at radius 2 is 1.46 bits per heavy atom. The fraction of sp³-hybridized carbons (Fsp3) is 0.935. The molecule has 0 amide bonds. The molecule has 200 valence electrons. The molecule has 35 heavy (non-hydrogen) atoms. The van der Waals surface area contributed by atoms with Gasteiger partial charge in [-0.05, 0) is 97.7 Å². The summed E-state index contributed by atoms with van der Waals surface area (Å²) in [6.07, 6.45) is 13.3. The van der Waals surface area contributed by atoms with E-state index in [1.807, 2.05) is 0 Å². The summed E-state index contributed by atoms with van der Waals surface area (Å²) in [6.45, 7) is 15.4. The smallest absolute Gasteiger partial charge is 0.302 e. The molecule has 0 aromatic carbocycles. The Bertz CT molecular complexity index is 776. The molecule has 0 spiro atoms. The zero-order valence-corrected chi connectivity index (χ0v) is 23.6. The van der Waals surface area contributed by atoms with Gasteiger partial charge in [0.2, 0.25) is 0 Å². The van der Waals surface area contributed by atoms with Gasteiger partial charge < -0.3 is 9.47 Å². The minimum atomic E-state index is -0.190. The molecule has 0 bridgehead atoms.